The summed E-state index contributed by atoms with van der Waals surface area (Å²) in [4.78, 5) is 33.4. The second kappa shape index (κ2) is 9.31. The summed E-state index contributed by atoms with van der Waals surface area (Å²) < 4.78 is 1.66. The van der Waals surface area contributed by atoms with Gasteiger partial charge in [-0.25, -0.2) is 4.68 Å². The third kappa shape index (κ3) is 4.77. The lowest BCUT2D eigenvalue weighted by Crippen LogP contribution is -2.51. The number of piperazine rings is 1. The minimum atomic E-state index is -0.140. The van der Waals surface area contributed by atoms with Gasteiger partial charge in [-0.2, -0.15) is 5.10 Å². The fourth-order valence-electron chi connectivity index (χ4n) is 3.74. The number of nitrogens with zero attached hydrogens (tertiary/aromatic N) is 5. The first-order valence-corrected chi connectivity index (χ1v) is 10.6. The van der Waals surface area contributed by atoms with Crippen LogP contribution in [0.25, 0.3) is 0 Å². The molecule has 3 heterocycles. The number of benzene rings is 1. The molecule has 160 valence electrons. The maximum Gasteiger partial charge on any atom is 0.259 e. The molecule has 0 spiro atoms. The van der Waals surface area contributed by atoms with Crippen LogP contribution >= 0.6 is 11.6 Å². The molecule has 0 aliphatic carbocycles. The SMILES string of the molecule is Cc1nn(Cc2ccccc2)c(Cl)c1C(=O)N1CCN(C(=O)Cc2ccccn2)CC1. The number of amides is 2. The first-order valence-electron chi connectivity index (χ1n) is 10.3. The van der Waals surface area contributed by atoms with Gasteiger partial charge in [0.1, 0.15) is 5.15 Å². The summed E-state index contributed by atoms with van der Waals surface area (Å²) >= 11 is 6.54. The Morgan fingerprint density at radius 3 is 2.32 bits per heavy atom. The van der Waals surface area contributed by atoms with Crippen LogP contribution in [0.4, 0.5) is 0 Å². The van der Waals surface area contributed by atoms with Gasteiger partial charge in [-0.3, -0.25) is 14.6 Å². The lowest BCUT2D eigenvalue weighted by molar-refractivity contribution is -0.132. The zero-order valence-corrected chi connectivity index (χ0v) is 18.1. The van der Waals surface area contributed by atoms with E-state index >= 15 is 0 Å². The summed E-state index contributed by atoms with van der Waals surface area (Å²) in [5, 5.41) is 4.82. The van der Waals surface area contributed by atoms with Crippen LogP contribution in [0.15, 0.2) is 54.7 Å². The average Bonchev–Trinajstić information content (AvgIpc) is 3.07. The molecule has 2 amide bonds. The normalized spacial score (nSPS) is 14.0. The van der Waals surface area contributed by atoms with Crippen molar-refractivity contribution in [3.05, 3.63) is 82.4 Å². The third-order valence-corrected chi connectivity index (χ3v) is 5.82. The van der Waals surface area contributed by atoms with Crippen LogP contribution in [-0.4, -0.2) is 62.6 Å². The first kappa shape index (κ1) is 21.1. The number of rotatable bonds is 5. The first-order chi connectivity index (χ1) is 15.0. The lowest BCUT2D eigenvalue weighted by atomic mass is 10.2. The molecule has 1 fully saturated rings. The topological polar surface area (TPSA) is 71.3 Å². The van der Waals surface area contributed by atoms with Crippen molar-refractivity contribution in [1.29, 1.82) is 0 Å². The summed E-state index contributed by atoms with van der Waals surface area (Å²) in [5.41, 5.74) is 2.86. The van der Waals surface area contributed by atoms with Crippen molar-refractivity contribution < 1.29 is 9.59 Å². The van der Waals surface area contributed by atoms with E-state index in [2.05, 4.69) is 10.1 Å². The maximum absolute atomic E-state index is 13.1. The van der Waals surface area contributed by atoms with Crippen molar-refractivity contribution in [2.45, 2.75) is 19.9 Å². The Bertz CT molecular complexity index is 1060. The van der Waals surface area contributed by atoms with E-state index in [4.69, 9.17) is 11.6 Å². The highest BCUT2D eigenvalue weighted by Crippen LogP contribution is 2.23. The van der Waals surface area contributed by atoms with Gasteiger partial charge in [0.2, 0.25) is 5.91 Å². The summed E-state index contributed by atoms with van der Waals surface area (Å²) in [6.07, 6.45) is 1.95. The van der Waals surface area contributed by atoms with Crippen molar-refractivity contribution in [1.82, 2.24) is 24.6 Å². The van der Waals surface area contributed by atoms with E-state index in [1.165, 1.54) is 0 Å². The molecule has 1 saturated heterocycles. The van der Waals surface area contributed by atoms with Crippen molar-refractivity contribution in [3.8, 4) is 0 Å². The number of carbonyl (C=O) groups is 2. The van der Waals surface area contributed by atoms with E-state index in [0.29, 0.717) is 49.1 Å². The van der Waals surface area contributed by atoms with Crippen LogP contribution in [0.3, 0.4) is 0 Å². The fraction of sp³-hybridized carbons (Fsp3) is 0.304. The summed E-state index contributed by atoms with van der Waals surface area (Å²) in [5.74, 6) is -0.116. The minimum Gasteiger partial charge on any atom is -0.339 e. The van der Waals surface area contributed by atoms with Crippen LogP contribution in [0, 0.1) is 6.92 Å². The molecule has 7 nitrogen and oxygen atoms in total. The molecular weight excluding hydrogens is 414 g/mol. The van der Waals surface area contributed by atoms with Gasteiger partial charge in [0.25, 0.3) is 5.91 Å². The molecule has 3 aromatic rings. The fourth-order valence-corrected chi connectivity index (χ4v) is 4.06. The van der Waals surface area contributed by atoms with Crippen molar-refractivity contribution in [2.75, 3.05) is 26.2 Å². The summed E-state index contributed by atoms with van der Waals surface area (Å²) in [7, 11) is 0. The molecule has 1 aliphatic heterocycles. The van der Waals surface area contributed by atoms with E-state index in [0.717, 1.165) is 11.3 Å². The predicted octanol–water partition coefficient (Wildman–Crippen LogP) is 2.82. The van der Waals surface area contributed by atoms with Crippen LogP contribution in [-0.2, 0) is 17.8 Å². The summed E-state index contributed by atoms with van der Waals surface area (Å²) in [6, 6.07) is 15.4. The van der Waals surface area contributed by atoms with Crippen molar-refractivity contribution in [2.24, 2.45) is 0 Å². The average molecular weight is 438 g/mol. The van der Waals surface area contributed by atoms with Crippen molar-refractivity contribution in [3.63, 3.8) is 0 Å². The van der Waals surface area contributed by atoms with E-state index in [9.17, 15) is 9.59 Å². The van der Waals surface area contributed by atoms with E-state index in [1.54, 1.807) is 27.6 Å². The smallest absolute Gasteiger partial charge is 0.259 e. The number of carbonyl (C=O) groups excluding carboxylic acids is 2. The molecule has 0 unspecified atom stereocenters. The number of hydrogen-bond acceptors (Lipinski definition) is 4. The van der Waals surface area contributed by atoms with Crippen molar-refractivity contribution >= 4 is 23.4 Å². The Hall–Kier alpha value is -3.19. The molecule has 0 radical (unpaired) electrons. The number of pyridine rings is 1. The van der Waals surface area contributed by atoms with Gasteiger partial charge in [-0.15, -0.1) is 0 Å². The number of aryl methyl sites for hydroxylation is 1. The van der Waals surface area contributed by atoms with Crippen LogP contribution in [0.5, 0.6) is 0 Å². The molecule has 0 N–H and O–H groups in total. The molecule has 4 rings (SSSR count). The monoisotopic (exact) mass is 437 g/mol. The zero-order chi connectivity index (χ0) is 21.8. The third-order valence-electron chi connectivity index (χ3n) is 5.43. The lowest BCUT2D eigenvalue weighted by Gasteiger charge is -2.34. The molecular formula is C23H24ClN5O2. The van der Waals surface area contributed by atoms with E-state index < -0.39 is 0 Å². The highest BCUT2D eigenvalue weighted by atomic mass is 35.5. The molecule has 31 heavy (non-hydrogen) atoms. The maximum atomic E-state index is 13.1. The van der Waals surface area contributed by atoms with Gasteiger partial charge < -0.3 is 9.80 Å². The molecule has 0 atom stereocenters. The van der Waals surface area contributed by atoms with Crippen LogP contribution < -0.4 is 0 Å². The summed E-state index contributed by atoms with van der Waals surface area (Å²) in [6.45, 7) is 4.22. The number of halogens is 1. The minimum absolute atomic E-state index is 0.0238. The zero-order valence-electron chi connectivity index (χ0n) is 17.4. The molecule has 0 bridgehead atoms. The van der Waals surface area contributed by atoms with Crippen LogP contribution in [0.2, 0.25) is 5.15 Å². The highest BCUT2D eigenvalue weighted by molar-refractivity contribution is 6.33. The van der Waals surface area contributed by atoms with E-state index in [1.807, 2.05) is 48.5 Å². The Labute approximate surface area is 186 Å². The van der Waals surface area contributed by atoms with Gasteiger partial charge >= 0.3 is 0 Å². The quantitative estimate of drug-likeness (QED) is 0.615. The Kier molecular flexibility index (Phi) is 6.32. The second-order valence-corrected chi connectivity index (χ2v) is 7.92. The second-order valence-electron chi connectivity index (χ2n) is 7.57. The van der Waals surface area contributed by atoms with Gasteiger partial charge in [0, 0.05) is 38.1 Å². The van der Waals surface area contributed by atoms with Gasteiger partial charge in [-0.05, 0) is 24.6 Å². The van der Waals surface area contributed by atoms with Crippen LogP contribution in [0.1, 0.15) is 27.3 Å². The van der Waals surface area contributed by atoms with Gasteiger partial charge in [0.15, 0.2) is 0 Å². The Morgan fingerprint density at radius 1 is 0.968 bits per heavy atom. The van der Waals surface area contributed by atoms with E-state index in [-0.39, 0.29) is 18.2 Å². The number of aromatic nitrogens is 3. The van der Waals surface area contributed by atoms with Gasteiger partial charge in [0.05, 0.1) is 24.2 Å². The highest BCUT2D eigenvalue weighted by Gasteiger charge is 2.29. The Morgan fingerprint density at radius 2 is 1.65 bits per heavy atom. The standard InChI is InChI=1S/C23H24ClN5O2/c1-17-21(22(24)29(26-17)16-18-7-3-2-4-8-18)23(31)28-13-11-27(12-14-28)20(30)15-19-9-5-6-10-25-19/h2-10H,11-16H2,1H3. The number of hydrogen-bond donors (Lipinski definition) is 0. The molecule has 1 aromatic carbocycles. The largest absolute Gasteiger partial charge is 0.339 e. The molecule has 1 aliphatic rings. The molecule has 0 saturated carbocycles. The molecule has 2 aromatic heterocycles. The molecule has 8 heteroatoms. The Balaban J connectivity index is 1.39. The predicted molar refractivity (Wildman–Crippen MR) is 118 cm³/mol. The van der Waals surface area contributed by atoms with Gasteiger partial charge in [-0.1, -0.05) is 48.0 Å².